The lowest BCUT2D eigenvalue weighted by atomic mass is 11.7. The van der Waals surface area contributed by atoms with Crippen molar-refractivity contribution in [2.75, 3.05) is 14.2 Å². The van der Waals surface area contributed by atoms with Crippen molar-refractivity contribution in [3.63, 3.8) is 0 Å². The van der Waals surface area contributed by atoms with E-state index in [1.165, 1.54) is 14.2 Å². The second-order valence-electron chi connectivity index (χ2n) is 0.929. The Morgan fingerprint density at radius 2 is 1.71 bits per heavy atom. The average molecular weight is 125 g/mol. The third kappa shape index (κ3) is 2.84. The van der Waals surface area contributed by atoms with Crippen LogP contribution in [-0.4, -0.2) is 18.5 Å². The van der Waals surface area contributed by atoms with E-state index in [2.05, 4.69) is 22.5 Å². The maximum absolute atomic E-state index is 5.07. The zero-order chi connectivity index (χ0) is 5.91. The van der Waals surface area contributed by atoms with E-state index >= 15 is 0 Å². The van der Waals surface area contributed by atoms with Crippen molar-refractivity contribution in [2.24, 2.45) is 5.84 Å². The lowest BCUT2D eigenvalue weighted by molar-refractivity contribution is -1.15. The monoisotopic (exact) mass is 125 g/mol. The fourth-order valence-corrected chi connectivity index (χ4v) is 0.0745. The third-order valence-corrected chi connectivity index (χ3v) is 0.850. The zero-order valence-electron chi connectivity index (χ0n) is 4.29. The summed E-state index contributed by atoms with van der Waals surface area (Å²) in [4.78, 5) is 8.89. The summed E-state index contributed by atoms with van der Waals surface area (Å²) in [7, 11) is 2.77. The van der Waals surface area contributed by atoms with Crippen molar-refractivity contribution in [3.05, 3.63) is 0 Å². The van der Waals surface area contributed by atoms with E-state index in [0.29, 0.717) is 0 Å². The van der Waals surface area contributed by atoms with Crippen LogP contribution < -0.4 is 5.84 Å². The molecule has 0 aliphatic heterocycles. The van der Waals surface area contributed by atoms with E-state index < -0.39 is 4.32 Å². The summed E-state index contributed by atoms with van der Waals surface area (Å²) in [5, 5.41) is 0. The lowest BCUT2D eigenvalue weighted by Gasteiger charge is -2.13. The van der Waals surface area contributed by atoms with E-state index in [1.807, 2.05) is 0 Å². The van der Waals surface area contributed by atoms with Gasteiger partial charge in [0.2, 0.25) is 0 Å². The Labute approximate surface area is 47.8 Å². The van der Waals surface area contributed by atoms with Crippen LogP contribution in [-0.2, 0) is 9.68 Å². The first-order valence-electron chi connectivity index (χ1n) is 1.64. The molecule has 44 valence electrons. The van der Waals surface area contributed by atoms with Crippen LogP contribution >= 0.6 is 12.8 Å². The fourth-order valence-electron chi connectivity index (χ4n) is 0.0745. The highest BCUT2D eigenvalue weighted by Crippen LogP contribution is 1.99. The molecule has 5 heteroatoms. The molecule has 0 aromatic carbocycles. The first-order chi connectivity index (χ1) is 3.12. The Morgan fingerprint density at radius 1 is 1.43 bits per heavy atom. The van der Waals surface area contributed by atoms with Gasteiger partial charge in [-0.15, -0.1) is 15.5 Å². The van der Waals surface area contributed by atoms with E-state index in [0.717, 1.165) is 0 Å². The molecule has 4 nitrogen and oxygen atoms in total. The van der Waals surface area contributed by atoms with Gasteiger partial charge in [0.1, 0.15) is 14.2 Å². The van der Waals surface area contributed by atoms with Crippen molar-refractivity contribution >= 4 is 12.8 Å². The first-order valence-corrected chi connectivity index (χ1v) is 2.04. The van der Waals surface area contributed by atoms with Crippen LogP contribution in [0.25, 0.3) is 0 Å². The first kappa shape index (κ1) is 7.19. The number of hydrogen-bond donors (Lipinski definition) is 2. The van der Waals surface area contributed by atoms with Crippen LogP contribution in [0.1, 0.15) is 0 Å². The molecule has 0 unspecified atom stereocenters. The summed E-state index contributed by atoms with van der Waals surface area (Å²) < 4.78 is -0.667. The van der Waals surface area contributed by atoms with Crippen molar-refractivity contribution in [1.82, 2.24) is 0 Å². The summed E-state index contributed by atoms with van der Waals surface area (Å²) in [6.45, 7) is 0. The Hall–Kier alpha value is 0.190. The maximum atomic E-state index is 5.07. The molecule has 0 aromatic heterocycles. The van der Waals surface area contributed by atoms with Gasteiger partial charge in [0.05, 0.1) is 4.32 Å². The van der Waals surface area contributed by atoms with Gasteiger partial charge in [-0.25, -0.2) is 0 Å². The van der Waals surface area contributed by atoms with Gasteiger partial charge in [-0.1, -0.05) is 0 Å². The molecule has 0 heterocycles. The van der Waals surface area contributed by atoms with E-state index in [9.17, 15) is 0 Å². The molecule has 0 atom stereocenters. The average Bonchev–Trinajstić information content (AvgIpc) is 1.68. The minimum Gasteiger partial charge on any atom is -0.137 e. The Bertz CT molecular complexity index is 51.7. The van der Waals surface area contributed by atoms with E-state index in [1.54, 1.807) is 0 Å². The van der Waals surface area contributed by atoms with Crippen molar-refractivity contribution in [2.45, 2.75) is 0 Å². The SMILES string of the molecule is CO[N+](N)(S)OC. The Kier molecular flexibility index (Phi) is 2.55. The molecule has 0 rings (SSSR count). The molecule has 0 fully saturated rings. The highest BCUT2D eigenvalue weighted by atomic mass is 32.1. The molecule has 0 radical (unpaired) electrons. The third-order valence-electron chi connectivity index (χ3n) is 0.523. The van der Waals surface area contributed by atoms with Gasteiger partial charge < -0.3 is 0 Å². The molecule has 0 amide bonds. The number of nitrogens with zero attached hydrogens (tertiary/aromatic N) is 1. The topological polar surface area (TPSA) is 44.5 Å². The zero-order valence-corrected chi connectivity index (χ0v) is 5.18. The molecule has 0 aromatic rings. The molecular weight excluding hydrogens is 116 g/mol. The van der Waals surface area contributed by atoms with Crippen LogP contribution in [0.15, 0.2) is 0 Å². The molecule has 0 spiro atoms. The predicted octanol–water partition coefficient (Wildman–Crippen LogP) is -0.355. The minimum absolute atomic E-state index is 0.667. The van der Waals surface area contributed by atoms with Gasteiger partial charge in [0, 0.05) is 0 Å². The van der Waals surface area contributed by atoms with Gasteiger partial charge >= 0.3 is 0 Å². The summed E-state index contributed by atoms with van der Waals surface area (Å²) in [6, 6.07) is 0. The summed E-state index contributed by atoms with van der Waals surface area (Å²) in [5.74, 6) is 5.07. The van der Waals surface area contributed by atoms with Gasteiger partial charge in [-0.3, -0.25) is 0 Å². The van der Waals surface area contributed by atoms with Crippen LogP contribution in [0, 0.1) is 0 Å². The molecule has 0 aliphatic carbocycles. The minimum atomic E-state index is -0.667. The van der Waals surface area contributed by atoms with Crippen LogP contribution in [0.2, 0.25) is 0 Å². The summed E-state index contributed by atoms with van der Waals surface area (Å²) >= 11 is 3.66. The number of nitrogens with two attached hydrogens (primary N) is 1. The summed E-state index contributed by atoms with van der Waals surface area (Å²) in [6.07, 6.45) is 0. The van der Waals surface area contributed by atoms with Crippen molar-refractivity contribution < 1.29 is 14.0 Å². The van der Waals surface area contributed by atoms with Crippen molar-refractivity contribution in [3.8, 4) is 0 Å². The molecule has 0 aliphatic rings. The van der Waals surface area contributed by atoms with E-state index in [-0.39, 0.29) is 0 Å². The quantitative estimate of drug-likeness (QED) is 0.229. The number of quaternary nitrogens is 1. The second-order valence-corrected chi connectivity index (χ2v) is 1.49. The molecule has 7 heavy (non-hydrogen) atoms. The number of hydrogen-bond acceptors (Lipinski definition) is 4. The lowest BCUT2D eigenvalue weighted by Crippen LogP contribution is -2.42. The highest BCUT2D eigenvalue weighted by Gasteiger charge is 2.15. The molecule has 0 saturated heterocycles. The Balaban J connectivity index is 3.36. The van der Waals surface area contributed by atoms with Crippen LogP contribution in [0.4, 0.5) is 0 Å². The smallest absolute Gasteiger partial charge is 0.137 e. The standard InChI is InChI=1S/C2H9N2O2S/c1-5-4(3,7)6-2/h7H,3H2,1-2H3/q+1. The van der Waals surface area contributed by atoms with Gasteiger partial charge in [-0.2, -0.15) is 0 Å². The fraction of sp³-hybridized carbons (Fsp3) is 1.00. The highest BCUT2D eigenvalue weighted by molar-refractivity contribution is 7.73. The molecule has 2 N–H and O–H groups in total. The molecule has 0 saturated carbocycles. The van der Waals surface area contributed by atoms with E-state index in [4.69, 9.17) is 5.84 Å². The van der Waals surface area contributed by atoms with Gasteiger partial charge in [0.25, 0.3) is 0 Å². The molecular formula is C2H9N2O2S+. The normalized spacial score (nSPS) is 12.0. The summed E-state index contributed by atoms with van der Waals surface area (Å²) in [5.41, 5.74) is 0. The second kappa shape index (κ2) is 2.49. The van der Waals surface area contributed by atoms with Crippen molar-refractivity contribution in [1.29, 1.82) is 0 Å². The van der Waals surface area contributed by atoms with Gasteiger partial charge in [-0.05, 0) is 0 Å². The maximum Gasteiger partial charge on any atom is 0.156 e. The van der Waals surface area contributed by atoms with Crippen LogP contribution in [0.5, 0.6) is 0 Å². The number of rotatable bonds is 2. The van der Waals surface area contributed by atoms with Gasteiger partial charge in [0.15, 0.2) is 12.8 Å². The predicted molar refractivity (Wildman–Crippen MR) is 27.5 cm³/mol. The van der Waals surface area contributed by atoms with Crippen LogP contribution in [0.3, 0.4) is 0 Å². The molecule has 0 bridgehead atoms. The largest absolute Gasteiger partial charge is 0.156 e. The number of thiol groups is 1. The Morgan fingerprint density at radius 3 is 1.71 bits per heavy atom.